The lowest BCUT2D eigenvalue weighted by atomic mass is 9.99. The molecule has 2 aromatic rings. The van der Waals surface area contributed by atoms with E-state index in [2.05, 4.69) is 13.8 Å². The minimum atomic E-state index is -0.376. The van der Waals surface area contributed by atoms with Crippen molar-refractivity contribution in [2.75, 3.05) is 0 Å². The number of hydrogen-bond acceptors (Lipinski definition) is 2. The molecule has 0 saturated heterocycles. The highest BCUT2D eigenvalue weighted by molar-refractivity contribution is 5.84. The van der Waals surface area contributed by atoms with Gasteiger partial charge in [0.15, 0.2) is 0 Å². The van der Waals surface area contributed by atoms with Crippen molar-refractivity contribution in [2.45, 2.75) is 26.2 Å². The van der Waals surface area contributed by atoms with Crippen LogP contribution in [-0.2, 0) is 4.79 Å². The second-order valence-electron chi connectivity index (χ2n) is 5.43. The summed E-state index contributed by atoms with van der Waals surface area (Å²) in [4.78, 5) is 11.8. The Kier molecular flexibility index (Phi) is 6.37. The van der Waals surface area contributed by atoms with Gasteiger partial charge in [-0.3, -0.25) is 0 Å². The van der Waals surface area contributed by atoms with Gasteiger partial charge in [0.1, 0.15) is 5.75 Å². The first-order chi connectivity index (χ1) is 11.2. The summed E-state index contributed by atoms with van der Waals surface area (Å²) in [5, 5.41) is 0. The van der Waals surface area contributed by atoms with Crippen LogP contribution in [0.1, 0.15) is 37.3 Å². The van der Waals surface area contributed by atoms with Crippen LogP contribution in [0, 0.1) is 0 Å². The zero-order valence-corrected chi connectivity index (χ0v) is 13.6. The third-order valence-corrected chi connectivity index (χ3v) is 3.71. The summed E-state index contributed by atoms with van der Waals surface area (Å²) in [6.45, 7) is 4.34. The van der Waals surface area contributed by atoms with Crippen molar-refractivity contribution in [3.63, 3.8) is 0 Å². The molecular formula is C21H22O2. The summed E-state index contributed by atoms with van der Waals surface area (Å²) in [6, 6.07) is 17.6. The van der Waals surface area contributed by atoms with Crippen LogP contribution in [0.3, 0.4) is 0 Å². The molecule has 2 rings (SSSR count). The lowest BCUT2D eigenvalue weighted by Gasteiger charge is -2.09. The molecule has 0 amide bonds. The van der Waals surface area contributed by atoms with Crippen LogP contribution < -0.4 is 4.74 Å². The minimum Gasteiger partial charge on any atom is -0.423 e. The van der Waals surface area contributed by atoms with E-state index in [9.17, 15) is 4.79 Å². The highest BCUT2D eigenvalue weighted by Gasteiger charge is 2.04. The molecular weight excluding hydrogens is 284 g/mol. The number of ether oxygens (including phenoxy) is 1. The first kappa shape index (κ1) is 16.8. The van der Waals surface area contributed by atoms with E-state index < -0.39 is 0 Å². The van der Waals surface area contributed by atoms with E-state index in [1.54, 1.807) is 6.08 Å². The van der Waals surface area contributed by atoms with Crippen molar-refractivity contribution in [3.8, 4) is 5.75 Å². The van der Waals surface area contributed by atoms with E-state index in [4.69, 9.17) is 4.74 Å². The summed E-state index contributed by atoms with van der Waals surface area (Å²) in [5.41, 5.74) is 2.35. The Balaban J connectivity index is 1.87. The Hall–Kier alpha value is -2.61. The van der Waals surface area contributed by atoms with Crippen LogP contribution in [0.15, 0.2) is 72.8 Å². The lowest BCUT2D eigenvalue weighted by molar-refractivity contribution is -0.128. The number of benzene rings is 2. The molecule has 0 heterocycles. The molecule has 1 unspecified atom stereocenters. The van der Waals surface area contributed by atoms with Gasteiger partial charge in [0.25, 0.3) is 0 Å². The molecule has 0 fully saturated rings. The van der Waals surface area contributed by atoms with Crippen molar-refractivity contribution in [2.24, 2.45) is 0 Å². The highest BCUT2D eigenvalue weighted by Crippen LogP contribution is 2.21. The monoisotopic (exact) mass is 306 g/mol. The molecule has 0 radical (unpaired) electrons. The molecule has 0 bridgehead atoms. The largest absolute Gasteiger partial charge is 0.423 e. The van der Waals surface area contributed by atoms with E-state index >= 15 is 0 Å². The first-order valence-electron chi connectivity index (χ1n) is 7.90. The molecule has 2 nitrogen and oxygen atoms in total. The first-order valence-corrected chi connectivity index (χ1v) is 7.90. The van der Waals surface area contributed by atoms with Crippen molar-refractivity contribution in [1.82, 2.24) is 0 Å². The predicted molar refractivity (Wildman–Crippen MR) is 95.4 cm³/mol. The Labute approximate surface area is 138 Å². The Bertz CT molecular complexity index is 667. The van der Waals surface area contributed by atoms with Gasteiger partial charge in [-0.25, -0.2) is 4.79 Å². The molecule has 0 aliphatic rings. The zero-order chi connectivity index (χ0) is 16.5. The van der Waals surface area contributed by atoms with E-state index in [0.29, 0.717) is 11.7 Å². The minimum absolute atomic E-state index is 0.376. The standard InChI is InChI=1S/C21H22O2/c1-3-17(2)19-13-15-20(16-14-19)23-21(22)12-8-7-11-18-9-5-4-6-10-18/h4-17H,3H2,1-2H3/b11-7+,12-8+. The average molecular weight is 306 g/mol. The highest BCUT2D eigenvalue weighted by atomic mass is 16.5. The van der Waals surface area contributed by atoms with Crippen LogP contribution in [0.5, 0.6) is 5.75 Å². The SMILES string of the molecule is CCC(C)c1ccc(OC(=O)/C=C/C=C/c2ccccc2)cc1. The quantitative estimate of drug-likeness (QED) is 0.310. The molecule has 0 N–H and O–H groups in total. The third-order valence-electron chi connectivity index (χ3n) is 3.71. The van der Waals surface area contributed by atoms with Gasteiger partial charge < -0.3 is 4.74 Å². The Morgan fingerprint density at radius 2 is 1.74 bits per heavy atom. The maximum absolute atomic E-state index is 11.8. The van der Waals surface area contributed by atoms with Gasteiger partial charge in [0.2, 0.25) is 0 Å². The molecule has 118 valence electrons. The fourth-order valence-corrected chi connectivity index (χ4v) is 2.12. The molecule has 0 spiro atoms. The van der Waals surface area contributed by atoms with Gasteiger partial charge in [-0.05, 0) is 35.6 Å². The molecule has 2 heteroatoms. The number of carbonyl (C=O) groups excluding carboxylic acids is 1. The molecule has 0 aliphatic heterocycles. The van der Waals surface area contributed by atoms with E-state index in [1.807, 2.05) is 66.7 Å². The fraction of sp³-hybridized carbons (Fsp3) is 0.190. The molecule has 0 aliphatic carbocycles. The number of allylic oxidation sites excluding steroid dienone is 2. The van der Waals surface area contributed by atoms with Crippen molar-refractivity contribution in [1.29, 1.82) is 0 Å². The average Bonchev–Trinajstić information content (AvgIpc) is 2.59. The predicted octanol–water partition coefficient (Wildman–Crippen LogP) is 5.38. The van der Waals surface area contributed by atoms with E-state index in [0.717, 1.165) is 12.0 Å². The maximum Gasteiger partial charge on any atom is 0.336 e. The van der Waals surface area contributed by atoms with Crippen LogP contribution >= 0.6 is 0 Å². The summed E-state index contributed by atoms with van der Waals surface area (Å²) < 4.78 is 5.28. The van der Waals surface area contributed by atoms with Crippen molar-refractivity contribution >= 4 is 12.0 Å². The van der Waals surface area contributed by atoms with Gasteiger partial charge in [-0.1, -0.05) is 74.5 Å². The van der Waals surface area contributed by atoms with Gasteiger partial charge in [-0.2, -0.15) is 0 Å². The maximum atomic E-state index is 11.8. The van der Waals surface area contributed by atoms with Crippen LogP contribution in [0.25, 0.3) is 6.08 Å². The van der Waals surface area contributed by atoms with Crippen molar-refractivity contribution in [3.05, 3.63) is 84.0 Å². The summed E-state index contributed by atoms with van der Waals surface area (Å²) >= 11 is 0. The molecule has 0 aromatic heterocycles. The third kappa shape index (κ3) is 5.59. The molecule has 2 aromatic carbocycles. The van der Waals surface area contributed by atoms with Crippen LogP contribution in [0.4, 0.5) is 0 Å². The summed E-state index contributed by atoms with van der Waals surface area (Å²) in [5.74, 6) is 0.709. The molecule has 23 heavy (non-hydrogen) atoms. The Morgan fingerprint density at radius 1 is 1.04 bits per heavy atom. The summed E-state index contributed by atoms with van der Waals surface area (Å²) in [6.07, 6.45) is 7.95. The fourth-order valence-electron chi connectivity index (χ4n) is 2.12. The summed E-state index contributed by atoms with van der Waals surface area (Å²) in [7, 11) is 0. The van der Waals surface area contributed by atoms with Gasteiger partial charge in [0.05, 0.1) is 0 Å². The van der Waals surface area contributed by atoms with Gasteiger partial charge in [0, 0.05) is 6.08 Å². The topological polar surface area (TPSA) is 26.3 Å². The van der Waals surface area contributed by atoms with Crippen LogP contribution in [0.2, 0.25) is 0 Å². The second-order valence-corrected chi connectivity index (χ2v) is 5.43. The Morgan fingerprint density at radius 3 is 2.39 bits per heavy atom. The lowest BCUT2D eigenvalue weighted by Crippen LogP contribution is -2.03. The molecule has 1 atom stereocenters. The van der Waals surface area contributed by atoms with E-state index in [-0.39, 0.29) is 5.97 Å². The second kappa shape index (κ2) is 8.74. The van der Waals surface area contributed by atoms with E-state index in [1.165, 1.54) is 11.6 Å². The number of rotatable bonds is 6. The van der Waals surface area contributed by atoms with Gasteiger partial charge >= 0.3 is 5.97 Å². The zero-order valence-electron chi connectivity index (χ0n) is 13.6. The van der Waals surface area contributed by atoms with Gasteiger partial charge in [-0.15, -0.1) is 0 Å². The van der Waals surface area contributed by atoms with Crippen molar-refractivity contribution < 1.29 is 9.53 Å². The number of esters is 1. The number of carbonyl (C=O) groups is 1. The molecule has 0 saturated carbocycles. The smallest absolute Gasteiger partial charge is 0.336 e. The van der Waals surface area contributed by atoms with Crippen LogP contribution in [-0.4, -0.2) is 5.97 Å². The normalized spacial score (nSPS) is 12.6. The number of hydrogen-bond donors (Lipinski definition) is 0.